The molecule has 0 unspecified atom stereocenters. The molecule has 2 rings (SSSR count). The maximum Gasteiger partial charge on any atom is 0.222 e. The summed E-state index contributed by atoms with van der Waals surface area (Å²) in [6, 6.07) is 0. The second-order valence-corrected chi connectivity index (χ2v) is 9.38. The van der Waals surface area contributed by atoms with Crippen LogP contribution in [0.25, 0.3) is 0 Å². The summed E-state index contributed by atoms with van der Waals surface area (Å²) < 4.78 is 0. The van der Waals surface area contributed by atoms with E-state index in [1.54, 1.807) is 0 Å². The Balaban J connectivity index is 1.61. The predicted octanol–water partition coefficient (Wildman–Crippen LogP) is 3.47. The van der Waals surface area contributed by atoms with Crippen LogP contribution in [-0.2, 0) is 4.79 Å². The number of hydrogen-bond acceptors (Lipinski definition) is 3. The Morgan fingerprint density at radius 2 is 1.56 bits per heavy atom. The predicted molar refractivity (Wildman–Crippen MR) is 106 cm³/mol. The summed E-state index contributed by atoms with van der Waals surface area (Å²) in [4.78, 5) is 19.5. The van der Waals surface area contributed by atoms with Gasteiger partial charge < -0.3 is 14.7 Å². The van der Waals surface area contributed by atoms with Crippen LogP contribution in [0.2, 0.25) is 0 Å². The number of piperazine rings is 1. The van der Waals surface area contributed by atoms with Crippen LogP contribution in [0.4, 0.5) is 0 Å². The highest BCUT2D eigenvalue weighted by molar-refractivity contribution is 5.76. The first-order valence-electron chi connectivity index (χ1n) is 10.6. The largest absolute Gasteiger partial charge is 0.343 e. The highest BCUT2D eigenvalue weighted by Crippen LogP contribution is 2.22. The van der Waals surface area contributed by atoms with Crippen molar-refractivity contribution in [2.75, 3.05) is 52.4 Å². The van der Waals surface area contributed by atoms with Gasteiger partial charge in [-0.1, -0.05) is 34.1 Å². The molecular formula is C21H41N3O. The van der Waals surface area contributed by atoms with E-state index >= 15 is 0 Å². The quantitative estimate of drug-likeness (QED) is 0.703. The Labute approximate surface area is 155 Å². The number of amides is 1. The summed E-state index contributed by atoms with van der Waals surface area (Å²) in [5, 5.41) is 0. The van der Waals surface area contributed by atoms with E-state index in [-0.39, 0.29) is 0 Å². The molecule has 2 heterocycles. The average Bonchev–Trinajstić information content (AvgIpc) is 2.59. The molecule has 0 aromatic carbocycles. The van der Waals surface area contributed by atoms with Gasteiger partial charge in [0, 0.05) is 52.2 Å². The Kier molecular flexibility index (Phi) is 8.21. The molecule has 2 fully saturated rings. The lowest BCUT2D eigenvalue weighted by Crippen LogP contribution is -2.49. The number of carbonyl (C=O) groups is 1. The lowest BCUT2D eigenvalue weighted by Gasteiger charge is -2.39. The van der Waals surface area contributed by atoms with Gasteiger partial charge in [0.25, 0.3) is 0 Å². The van der Waals surface area contributed by atoms with Crippen LogP contribution < -0.4 is 0 Å². The summed E-state index contributed by atoms with van der Waals surface area (Å²) >= 11 is 0. The molecule has 4 nitrogen and oxygen atoms in total. The molecule has 2 saturated heterocycles. The van der Waals surface area contributed by atoms with E-state index in [1.807, 2.05) is 0 Å². The first-order chi connectivity index (χ1) is 11.9. The molecule has 2 aliphatic rings. The molecule has 4 heteroatoms. The van der Waals surface area contributed by atoms with Crippen molar-refractivity contribution in [3.05, 3.63) is 0 Å². The molecule has 25 heavy (non-hydrogen) atoms. The van der Waals surface area contributed by atoms with Gasteiger partial charge in [0.05, 0.1) is 0 Å². The summed E-state index contributed by atoms with van der Waals surface area (Å²) in [6.07, 6.45) is 6.58. The van der Waals surface area contributed by atoms with Gasteiger partial charge in [-0.2, -0.15) is 0 Å². The number of likely N-dealkylation sites (tertiary alicyclic amines) is 1. The van der Waals surface area contributed by atoms with Crippen molar-refractivity contribution < 1.29 is 4.79 Å². The molecule has 0 saturated carbocycles. The zero-order chi connectivity index (χ0) is 18.3. The van der Waals surface area contributed by atoms with E-state index in [9.17, 15) is 4.79 Å². The standard InChI is InChI=1S/C21H41N3O/c1-5-6-7-20(25)24-11-8-19(9-12-24)18-23-16-14-22(15-17-23)13-10-21(2,3)4/h19H,5-18H2,1-4H3. The minimum atomic E-state index is 0.382. The van der Waals surface area contributed by atoms with Crippen LogP contribution in [0.3, 0.4) is 0 Å². The van der Waals surface area contributed by atoms with Crippen molar-refractivity contribution in [1.29, 1.82) is 0 Å². The Morgan fingerprint density at radius 1 is 0.960 bits per heavy atom. The zero-order valence-corrected chi connectivity index (χ0v) is 17.2. The molecule has 0 atom stereocenters. The maximum absolute atomic E-state index is 12.1. The zero-order valence-electron chi connectivity index (χ0n) is 17.2. The molecule has 0 bridgehead atoms. The van der Waals surface area contributed by atoms with Crippen molar-refractivity contribution >= 4 is 5.91 Å². The monoisotopic (exact) mass is 351 g/mol. The number of unbranched alkanes of at least 4 members (excludes halogenated alkanes) is 1. The van der Waals surface area contributed by atoms with Crippen LogP contribution in [0.1, 0.15) is 66.2 Å². The average molecular weight is 352 g/mol. The summed E-state index contributed by atoms with van der Waals surface area (Å²) in [5.74, 6) is 1.17. The van der Waals surface area contributed by atoms with Crippen LogP contribution in [0.15, 0.2) is 0 Å². The van der Waals surface area contributed by atoms with E-state index < -0.39 is 0 Å². The molecule has 0 spiro atoms. The lowest BCUT2D eigenvalue weighted by molar-refractivity contribution is -0.132. The third kappa shape index (κ3) is 7.65. The molecule has 0 aliphatic carbocycles. The highest BCUT2D eigenvalue weighted by atomic mass is 16.2. The van der Waals surface area contributed by atoms with Gasteiger partial charge in [-0.15, -0.1) is 0 Å². The number of rotatable bonds is 7. The number of carbonyl (C=O) groups excluding carboxylic acids is 1. The second kappa shape index (κ2) is 9.91. The third-order valence-electron chi connectivity index (χ3n) is 5.87. The first-order valence-corrected chi connectivity index (χ1v) is 10.6. The van der Waals surface area contributed by atoms with Crippen molar-refractivity contribution in [1.82, 2.24) is 14.7 Å². The maximum atomic E-state index is 12.1. The number of hydrogen-bond donors (Lipinski definition) is 0. The third-order valence-corrected chi connectivity index (χ3v) is 5.87. The molecule has 0 radical (unpaired) electrons. The van der Waals surface area contributed by atoms with Crippen LogP contribution in [0, 0.1) is 11.3 Å². The van der Waals surface area contributed by atoms with E-state index in [0.717, 1.165) is 38.3 Å². The van der Waals surface area contributed by atoms with Crippen LogP contribution >= 0.6 is 0 Å². The van der Waals surface area contributed by atoms with E-state index in [4.69, 9.17) is 0 Å². The smallest absolute Gasteiger partial charge is 0.222 e. The normalized spacial score (nSPS) is 21.7. The van der Waals surface area contributed by atoms with E-state index in [2.05, 4.69) is 42.4 Å². The van der Waals surface area contributed by atoms with Crippen molar-refractivity contribution in [2.24, 2.45) is 11.3 Å². The van der Waals surface area contributed by atoms with Gasteiger partial charge in [-0.05, 0) is 43.6 Å². The van der Waals surface area contributed by atoms with E-state index in [0.29, 0.717) is 11.3 Å². The minimum Gasteiger partial charge on any atom is -0.343 e. The Bertz CT molecular complexity index is 388. The first kappa shape index (κ1) is 20.7. The molecule has 1 amide bonds. The van der Waals surface area contributed by atoms with Crippen molar-refractivity contribution in [3.63, 3.8) is 0 Å². The Morgan fingerprint density at radius 3 is 2.12 bits per heavy atom. The second-order valence-electron chi connectivity index (χ2n) is 9.38. The SMILES string of the molecule is CCCCC(=O)N1CCC(CN2CCN(CCC(C)(C)C)CC2)CC1. The summed E-state index contributed by atoms with van der Waals surface area (Å²) in [7, 11) is 0. The fourth-order valence-corrected chi connectivity index (χ4v) is 3.91. The number of nitrogens with zero attached hydrogens (tertiary/aromatic N) is 3. The van der Waals surface area contributed by atoms with Gasteiger partial charge in [0.2, 0.25) is 5.91 Å². The van der Waals surface area contributed by atoms with Gasteiger partial charge in [0.15, 0.2) is 0 Å². The summed E-state index contributed by atoms with van der Waals surface area (Å²) in [5.41, 5.74) is 0.444. The van der Waals surface area contributed by atoms with Gasteiger partial charge in [-0.25, -0.2) is 0 Å². The van der Waals surface area contributed by atoms with Gasteiger partial charge in [0.1, 0.15) is 0 Å². The van der Waals surface area contributed by atoms with Crippen LogP contribution in [0.5, 0.6) is 0 Å². The number of piperidine rings is 1. The Hall–Kier alpha value is -0.610. The molecular weight excluding hydrogens is 310 g/mol. The molecule has 2 aliphatic heterocycles. The van der Waals surface area contributed by atoms with Crippen molar-refractivity contribution in [3.8, 4) is 0 Å². The summed E-state index contributed by atoms with van der Waals surface area (Å²) in [6.45, 7) is 18.5. The molecule has 0 aromatic heterocycles. The van der Waals surface area contributed by atoms with Crippen LogP contribution in [-0.4, -0.2) is 73.0 Å². The molecule has 0 N–H and O–H groups in total. The highest BCUT2D eigenvalue weighted by Gasteiger charge is 2.25. The van der Waals surface area contributed by atoms with Gasteiger partial charge >= 0.3 is 0 Å². The molecule has 0 aromatic rings. The van der Waals surface area contributed by atoms with Crippen molar-refractivity contribution in [2.45, 2.75) is 66.2 Å². The lowest BCUT2D eigenvalue weighted by atomic mass is 9.92. The minimum absolute atomic E-state index is 0.382. The van der Waals surface area contributed by atoms with Gasteiger partial charge in [-0.3, -0.25) is 4.79 Å². The topological polar surface area (TPSA) is 26.8 Å². The molecule has 146 valence electrons. The fourth-order valence-electron chi connectivity index (χ4n) is 3.91. The fraction of sp³-hybridized carbons (Fsp3) is 0.952. The van der Waals surface area contributed by atoms with E-state index in [1.165, 1.54) is 58.5 Å².